The number of carbonyl (C=O) groups is 1. The summed E-state index contributed by atoms with van der Waals surface area (Å²) in [5.74, 6) is 6.34. The third-order valence-corrected chi connectivity index (χ3v) is 5.30. The molecule has 2 aromatic carbocycles. The maximum absolute atomic E-state index is 12.5. The zero-order chi connectivity index (χ0) is 23.7. The molecule has 0 aliphatic carbocycles. The number of nitrogens with one attached hydrogen (secondary N) is 2. The molecule has 0 fully saturated rings. The van der Waals surface area contributed by atoms with E-state index in [0.29, 0.717) is 16.5 Å². The molecule has 0 heterocycles. The van der Waals surface area contributed by atoms with E-state index in [1.807, 2.05) is 12.1 Å². The Labute approximate surface area is 194 Å². The van der Waals surface area contributed by atoms with Crippen molar-refractivity contribution in [3.05, 3.63) is 58.6 Å². The van der Waals surface area contributed by atoms with E-state index < -0.39 is 22.0 Å². The minimum Gasteiger partial charge on any atom is -0.493 e. The average Bonchev–Trinajstić information content (AvgIpc) is 2.74. The van der Waals surface area contributed by atoms with Crippen LogP contribution in [0, 0.1) is 17.8 Å². The van der Waals surface area contributed by atoms with Crippen molar-refractivity contribution in [2.45, 2.75) is 26.4 Å². The zero-order valence-electron chi connectivity index (χ0n) is 18.4. The second kappa shape index (κ2) is 11.8. The molecule has 0 aliphatic rings. The molecule has 0 saturated heterocycles. The molecule has 0 bridgehead atoms. The molecule has 7 nitrogen and oxygen atoms in total. The van der Waals surface area contributed by atoms with E-state index in [0.717, 1.165) is 17.4 Å². The molecule has 2 N–H and O–H groups in total. The van der Waals surface area contributed by atoms with Crippen LogP contribution in [0.3, 0.4) is 0 Å². The monoisotopic (exact) mass is 478 g/mol. The first kappa shape index (κ1) is 25.5. The van der Waals surface area contributed by atoms with Crippen LogP contribution in [-0.4, -0.2) is 40.3 Å². The highest BCUT2D eigenvalue weighted by atomic mass is 35.5. The lowest BCUT2D eigenvalue weighted by Crippen LogP contribution is -2.49. The largest absolute Gasteiger partial charge is 0.493 e. The van der Waals surface area contributed by atoms with Gasteiger partial charge in [-0.25, -0.2) is 13.1 Å². The van der Waals surface area contributed by atoms with Crippen molar-refractivity contribution in [1.29, 1.82) is 0 Å². The van der Waals surface area contributed by atoms with Crippen LogP contribution in [0.5, 0.6) is 11.5 Å². The minimum atomic E-state index is -3.51. The Kier molecular flexibility index (Phi) is 9.39. The Hall–Kier alpha value is -2.73. The molecule has 9 heteroatoms. The van der Waals surface area contributed by atoms with Crippen LogP contribution >= 0.6 is 11.6 Å². The highest BCUT2D eigenvalue weighted by Gasteiger charge is 2.25. The molecule has 1 unspecified atom stereocenters. The number of carbonyl (C=O) groups excluding carboxylic acids is 1. The van der Waals surface area contributed by atoms with Crippen LogP contribution in [0.2, 0.25) is 5.02 Å². The van der Waals surface area contributed by atoms with Gasteiger partial charge < -0.3 is 14.8 Å². The number of rotatable bonds is 9. The van der Waals surface area contributed by atoms with E-state index in [1.165, 1.54) is 7.11 Å². The Bertz CT molecular complexity index is 1090. The second-order valence-corrected chi connectivity index (χ2v) is 9.63. The van der Waals surface area contributed by atoms with Gasteiger partial charge >= 0.3 is 0 Å². The van der Waals surface area contributed by atoms with E-state index in [9.17, 15) is 13.2 Å². The quantitative estimate of drug-likeness (QED) is 0.540. The molecule has 2 aromatic rings. The fraction of sp³-hybridized carbons (Fsp3) is 0.348. The number of ether oxygens (including phenoxy) is 2. The topological polar surface area (TPSA) is 93.7 Å². The van der Waals surface area contributed by atoms with E-state index in [4.69, 9.17) is 21.1 Å². The Morgan fingerprint density at radius 1 is 1.12 bits per heavy atom. The maximum atomic E-state index is 12.5. The lowest BCUT2D eigenvalue weighted by molar-refractivity contribution is -0.123. The van der Waals surface area contributed by atoms with Crippen LogP contribution in [0.25, 0.3) is 0 Å². The highest BCUT2D eigenvalue weighted by molar-refractivity contribution is 7.88. The predicted octanol–water partition coefficient (Wildman–Crippen LogP) is 2.97. The highest BCUT2D eigenvalue weighted by Crippen LogP contribution is 2.28. The Morgan fingerprint density at radius 3 is 2.41 bits per heavy atom. The number of hydrogen-bond acceptors (Lipinski definition) is 5. The van der Waals surface area contributed by atoms with Crippen molar-refractivity contribution >= 4 is 27.5 Å². The number of hydrogen-bond donors (Lipinski definition) is 2. The van der Waals surface area contributed by atoms with Gasteiger partial charge in [0.05, 0.1) is 13.4 Å². The summed E-state index contributed by atoms with van der Waals surface area (Å²) < 4.78 is 36.5. The van der Waals surface area contributed by atoms with Crippen molar-refractivity contribution in [1.82, 2.24) is 10.0 Å². The minimum absolute atomic E-state index is 0.169. The van der Waals surface area contributed by atoms with Crippen molar-refractivity contribution in [3.8, 4) is 23.3 Å². The van der Waals surface area contributed by atoms with Gasteiger partial charge in [0.2, 0.25) is 15.9 Å². The molecule has 0 aliphatic heterocycles. The molecule has 0 spiro atoms. The number of methoxy groups -OCH3 is 1. The first-order valence-electron chi connectivity index (χ1n) is 9.88. The van der Waals surface area contributed by atoms with Gasteiger partial charge in [-0.3, -0.25) is 4.79 Å². The molecule has 2 rings (SSSR count). The van der Waals surface area contributed by atoms with E-state index in [1.54, 1.807) is 44.2 Å². The van der Waals surface area contributed by atoms with E-state index in [-0.39, 0.29) is 19.1 Å². The SMILES string of the molecule is COc1cc(CNC(=O)C(NS(C)(=O)=O)C(C)C)ccc1OCC#Cc1ccc(Cl)cc1. The van der Waals surface area contributed by atoms with Gasteiger partial charge in [0.15, 0.2) is 11.5 Å². The third-order valence-electron chi connectivity index (χ3n) is 4.36. The van der Waals surface area contributed by atoms with Gasteiger partial charge in [0.25, 0.3) is 0 Å². The Morgan fingerprint density at radius 2 is 1.81 bits per heavy atom. The van der Waals surface area contributed by atoms with Gasteiger partial charge in [0, 0.05) is 17.1 Å². The Balaban J connectivity index is 1.97. The van der Waals surface area contributed by atoms with Crippen molar-refractivity contribution < 1.29 is 22.7 Å². The summed E-state index contributed by atoms with van der Waals surface area (Å²) >= 11 is 5.86. The zero-order valence-corrected chi connectivity index (χ0v) is 20.0. The molecular weight excluding hydrogens is 452 g/mol. The van der Waals surface area contributed by atoms with Crippen LogP contribution < -0.4 is 19.5 Å². The lowest BCUT2D eigenvalue weighted by atomic mass is 10.0. The molecule has 1 amide bonds. The first-order valence-corrected chi connectivity index (χ1v) is 12.1. The predicted molar refractivity (Wildman–Crippen MR) is 125 cm³/mol. The van der Waals surface area contributed by atoms with Crippen molar-refractivity contribution in [3.63, 3.8) is 0 Å². The number of sulfonamides is 1. The summed E-state index contributed by atoms with van der Waals surface area (Å²) in [7, 11) is -1.99. The molecule has 0 aromatic heterocycles. The standard InChI is InChI=1S/C23H27ClN2O5S/c1-16(2)22(26-32(4,28)29)23(27)25-15-18-9-12-20(21(14-18)30-3)31-13-5-6-17-7-10-19(24)11-8-17/h7-12,14,16,22,26H,13,15H2,1-4H3,(H,25,27). The average molecular weight is 479 g/mol. The smallest absolute Gasteiger partial charge is 0.238 e. The summed E-state index contributed by atoms with van der Waals surface area (Å²) in [5, 5.41) is 3.41. The van der Waals surface area contributed by atoms with Crippen molar-refractivity contribution in [2.24, 2.45) is 5.92 Å². The van der Waals surface area contributed by atoms with E-state index >= 15 is 0 Å². The summed E-state index contributed by atoms with van der Waals surface area (Å²) in [6.07, 6.45) is 1.03. The van der Waals surface area contributed by atoms with Crippen LogP contribution in [0.1, 0.15) is 25.0 Å². The summed E-state index contributed by atoms with van der Waals surface area (Å²) in [6, 6.07) is 11.6. The van der Waals surface area contributed by atoms with Crippen LogP contribution in [0.15, 0.2) is 42.5 Å². The molecule has 0 radical (unpaired) electrons. The fourth-order valence-electron chi connectivity index (χ4n) is 2.75. The summed E-state index contributed by atoms with van der Waals surface area (Å²) in [4.78, 5) is 12.5. The molecule has 32 heavy (non-hydrogen) atoms. The third kappa shape index (κ3) is 8.42. The van der Waals surface area contributed by atoms with Crippen LogP contribution in [0.4, 0.5) is 0 Å². The lowest BCUT2D eigenvalue weighted by Gasteiger charge is -2.20. The first-order chi connectivity index (χ1) is 15.1. The molecular formula is C23H27ClN2O5S. The maximum Gasteiger partial charge on any atom is 0.238 e. The number of amides is 1. The fourth-order valence-corrected chi connectivity index (χ4v) is 3.71. The van der Waals surface area contributed by atoms with Gasteiger partial charge in [-0.2, -0.15) is 0 Å². The van der Waals surface area contributed by atoms with Crippen LogP contribution in [-0.2, 0) is 21.4 Å². The van der Waals surface area contributed by atoms with E-state index in [2.05, 4.69) is 21.9 Å². The normalized spacial score (nSPS) is 11.9. The second-order valence-electron chi connectivity index (χ2n) is 7.41. The number of halogens is 1. The molecule has 0 saturated carbocycles. The summed E-state index contributed by atoms with van der Waals surface area (Å²) in [5.41, 5.74) is 1.61. The number of benzene rings is 2. The van der Waals surface area contributed by atoms with Gasteiger partial charge in [0.1, 0.15) is 12.6 Å². The van der Waals surface area contributed by atoms with Gasteiger partial charge in [-0.15, -0.1) is 0 Å². The van der Waals surface area contributed by atoms with Gasteiger partial charge in [-0.05, 0) is 47.9 Å². The van der Waals surface area contributed by atoms with Gasteiger partial charge in [-0.1, -0.05) is 43.4 Å². The van der Waals surface area contributed by atoms with Crippen molar-refractivity contribution in [2.75, 3.05) is 20.0 Å². The summed E-state index contributed by atoms with van der Waals surface area (Å²) in [6.45, 7) is 3.92. The molecule has 172 valence electrons. The molecule has 1 atom stereocenters.